The zero-order valence-corrected chi connectivity index (χ0v) is 30.6. The molecule has 0 N–H and O–H groups in total. The lowest BCUT2D eigenvalue weighted by Crippen LogP contribution is -2.18. The van der Waals surface area contributed by atoms with Gasteiger partial charge >= 0.3 is 0 Å². The number of para-hydroxylation sites is 2. The molecule has 1 aromatic heterocycles. The van der Waals surface area contributed by atoms with Crippen LogP contribution in [0.25, 0.3) is 60.9 Å². The molecule has 0 saturated carbocycles. The van der Waals surface area contributed by atoms with Crippen LogP contribution in [0.2, 0.25) is 0 Å². The van der Waals surface area contributed by atoms with Gasteiger partial charge in [0.2, 0.25) is 0 Å². The molecule has 0 unspecified atom stereocenters. The van der Waals surface area contributed by atoms with Crippen molar-refractivity contribution in [2.45, 2.75) is 25.8 Å². The highest BCUT2D eigenvalue weighted by Crippen LogP contribution is 2.49. The van der Waals surface area contributed by atoms with Crippen molar-refractivity contribution in [1.82, 2.24) is 4.57 Å². The molecule has 8 aromatic carbocycles. The van der Waals surface area contributed by atoms with Crippen LogP contribution in [0.3, 0.4) is 0 Å². The monoisotopic (exact) mass is 692 g/mol. The number of hydrogen-bond donors (Lipinski definition) is 0. The van der Waals surface area contributed by atoms with Crippen LogP contribution in [0, 0.1) is 0 Å². The normalized spacial score (nSPS) is 12.9. The molecular formula is C52H40N2. The highest BCUT2D eigenvalue weighted by atomic mass is 15.1. The van der Waals surface area contributed by atoms with E-state index in [1.54, 1.807) is 0 Å². The number of aromatic nitrogens is 1. The molecule has 258 valence electrons. The molecule has 54 heavy (non-hydrogen) atoms. The fourth-order valence-corrected chi connectivity index (χ4v) is 8.69. The summed E-state index contributed by atoms with van der Waals surface area (Å²) >= 11 is 0. The van der Waals surface area contributed by atoms with E-state index in [0.717, 1.165) is 12.2 Å². The standard InChI is InChI=1S/C52H40N2/c1-52(2)48-22-11-9-20-44(48)45-30-24-36(32-49(45)52)35-53(43-19-13-16-39(33-43)37-14-5-3-6-15-37)41-28-25-38(26-29-41)40-27-31-51-47(34-40)46-21-10-12-23-50(46)54(51)42-17-7-4-8-18-42/h3-34H,35H2,1-2H3. The van der Waals surface area contributed by atoms with Gasteiger partial charge in [-0.15, -0.1) is 0 Å². The first-order valence-corrected chi connectivity index (χ1v) is 18.9. The molecule has 0 atom stereocenters. The Morgan fingerprint density at radius 1 is 0.426 bits per heavy atom. The van der Waals surface area contributed by atoms with Crippen molar-refractivity contribution in [3.05, 3.63) is 211 Å². The van der Waals surface area contributed by atoms with Gasteiger partial charge in [-0.1, -0.05) is 153 Å². The van der Waals surface area contributed by atoms with Gasteiger partial charge < -0.3 is 9.47 Å². The van der Waals surface area contributed by atoms with Crippen molar-refractivity contribution >= 4 is 33.2 Å². The smallest absolute Gasteiger partial charge is 0.0541 e. The third-order valence-electron chi connectivity index (χ3n) is 11.5. The van der Waals surface area contributed by atoms with Crippen LogP contribution in [0.5, 0.6) is 0 Å². The van der Waals surface area contributed by atoms with Crippen molar-refractivity contribution in [2.75, 3.05) is 4.90 Å². The highest BCUT2D eigenvalue weighted by Gasteiger charge is 2.35. The maximum atomic E-state index is 2.46. The van der Waals surface area contributed by atoms with E-state index in [0.29, 0.717) is 0 Å². The van der Waals surface area contributed by atoms with Gasteiger partial charge in [0.15, 0.2) is 0 Å². The zero-order valence-electron chi connectivity index (χ0n) is 30.6. The van der Waals surface area contributed by atoms with E-state index in [9.17, 15) is 0 Å². The summed E-state index contributed by atoms with van der Waals surface area (Å²) in [7, 11) is 0. The first-order valence-electron chi connectivity index (χ1n) is 18.9. The molecule has 0 aliphatic heterocycles. The van der Waals surface area contributed by atoms with Crippen molar-refractivity contribution < 1.29 is 0 Å². The van der Waals surface area contributed by atoms with E-state index >= 15 is 0 Å². The van der Waals surface area contributed by atoms with E-state index in [2.05, 4.69) is 217 Å². The summed E-state index contributed by atoms with van der Waals surface area (Å²) in [5.74, 6) is 0. The Hall–Kier alpha value is -6.64. The molecule has 0 saturated heterocycles. The number of fused-ring (bicyclic) bond motifs is 6. The maximum absolute atomic E-state index is 2.46. The molecule has 0 bridgehead atoms. The minimum atomic E-state index is -0.0455. The molecule has 1 heterocycles. The lowest BCUT2D eigenvalue weighted by Gasteiger charge is -2.27. The minimum Gasteiger partial charge on any atom is -0.337 e. The molecule has 1 aliphatic carbocycles. The van der Waals surface area contributed by atoms with E-state index in [1.807, 2.05) is 0 Å². The van der Waals surface area contributed by atoms with Crippen LogP contribution in [0.4, 0.5) is 11.4 Å². The Kier molecular flexibility index (Phi) is 7.59. The largest absolute Gasteiger partial charge is 0.337 e. The Morgan fingerprint density at radius 3 is 1.89 bits per heavy atom. The Morgan fingerprint density at radius 2 is 1.06 bits per heavy atom. The SMILES string of the molecule is CC1(C)c2ccccc2-c2ccc(CN(c3ccc(-c4ccc5c(c4)c4ccccc4n5-c4ccccc4)cc3)c3cccc(-c4ccccc4)c3)cc21. The van der Waals surface area contributed by atoms with Gasteiger partial charge in [0.1, 0.15) is 0 Å². The molecule has 0 radical (unpaired) electrons. The summed E-state index contributed by atoms with van der Waals surface area (Å²) in [6.45, 7) is 5.47. The second-order valence-electron chi connectivity index (χ2n) is 15.0. The van der Waals surface area contributed by atoms with E-state index in [4.69, 9.17) is 0 Å². The Bertz CT molecular complexity index is 2810. The molecule has 10 rings (SSSR count). The second kappa shape index (κ2) is 12.8. The molecule has 2 nitrogen and oxygen atoms in total. The molecule has 0 fully saturated rings. The number of anilines is 2. The number of rotatable bonds is 7. The average molecular weight is 693 g/mol. The van der Waals surface area contributed by atoms with Crippen LogP contribution in [-0.2, 0) is 12.0 Å². The van der Waals surface area contributed by atoms with Gasteiger partial charge in [0.25, 0.3) is 0 Å². The average Bonchev–Trinajstić information content (AvgIpc) is 3.68. The fraction of sp³-hybridized carbons (Fsp3) is 0.0769. The van der Waals surface area contributed by atoms with Crippen LogP contribution in [0.15, 0.2) is 194 Å². The minimum absolute atomic E-state index is 0.0455. The number of hydrogen-bond acceptors (Lipinski definition) is 1. The third-order valence-corrected chi connectivity index (χ3v) is 11.5. The van der Waals surface area contributed by atoms with Gasteiger partial charge in [-0.05, 0) is 105 Å². The summed E-state index contributed by atoms with van der Waals surface area (Å²) < 4.78 is 2.37. The summed E-state index contributed by atoms with van der Waals surface area (Å²) in [6.07, 6.45) is 0. The van der Waals surface area contributed by atoms with Crippen LogP contribution in [-0.4, -0.2) is 4.57 Å². The van der Waals surface area contributed by atoms with Gasteiger partial charge in [0.05, 0.1) is 11.0 Å². The lowest BCUT2D eigenvalue weighted by atomic mass is 9.82. The summed E-state index contributed by atoms with van der Waals surface area (Å²) in [5.41, 5.74) is 17.5. The predicted octanol–water partition coefficient (Wildman–Crippen LogP) is 13.8. The van der Waals surface area contributed by atoms with Gasteiger partial charge in [-0.3, -0.25) is 0 Å². The molecule has 9 aromatic rings. The van der Waals surface area contributed by atoms with E-state index in [-0.39, 0.29) is 5.41 Å². The first kappa shape index (κ1) is 32.0. The first-order chi connectivity index (χ1) is 26.5. The van der Waals surface area contributed by atoms with Crippen LogP contribution < -0.4 is 4.90 Å². The summed E-state index contributed by atoms with van der Waals surface area (Å²) in [6, 6.07) is 71.0. The third kappa shape index (κ3) is 5.33. The van der Waals surface area contributed by atoms with Gasteiger partial charge in [-0.2, -0.15) is 0 Å². The highest BCUT2D eigenvalue weighted by molar-refractivity contribution is 6.10. The maximum Gasteiger partial charge on any atom is 0.0541 e. The lowest BCUT2D eigenvalue weighted by molar-refractivity contribution is 0.659. The fourth-order valence-electron chi connectivity index (χ4n) is 8.69. The Labute approximate surface area is 317 Å². The zero-order chi connectivity index (χ0) is 36.2. The van der Waals surface area contributed by atoms with Crippen LogP contribution >= 0.6 is 0 Å². The van der Waals surface area contributed by atoms with Crippen LogP contribution in [0.1, 0.15) is 30.5 Å². The van der Waals surface area contributed by atoms with Crippen molar-refractivity contribution in [1.29, 1.82) is 0 Å². The predicted molar refractivity (Wildman–Crippen MR) is 228 cm³/mol. The number of benzene rings is 8. The summed E-state index contributed by atoms with van der Waals surface area (Å²) in [4.78, 5) is 2.46. The van der Waals surface area contributed by atoms with Crippen molar-refractivity contribution in [3.8, 4) is 39.1 Å². The van der Waals surface area contributed by atoms with E-state index < -0.39 is 0 Å². The second-order valence-corrected chi connectivity index (χ2v) is 15.0. The van der Waals surface area contributed by atoms with Gasteiger partial charge in [0, 0.05) is 39.8 Å². The van der Waals surface area contributed by atoms with Crippen molar-refractivity contribution in [3.63, 3.8) is 0 Å². The molecular weight excluding hydrogens is 653 g/mol. The quantitative estimate of drug-likeness (QED) is 0.161. The van der Waals surface area contributed by atoms with Gasteiger partial charge in [-0.25, -0.2) is 0 Å². The van der Waals surface area contributed by atoms with Crippen molar-refractivity contribution in [2.24, 2.45) is 0 Å². The molecule has 0 amide bonds. The molecule has 2 heteroatoms. The molecule has 1 aliphatic rings. The Balaban J connectivity index is 1.04. The summed E-state index contributed by atoms with van der Waals surface area (Å²) in [5, 5.41) is 2.52. The topological polar surface area (TPSA) is 8.17 Å². The number of nitrogens with zero attached hydrogens (tertiary/aromatic N) is 2. The molecule has 0 spiro atoms. The van der Waals surface area contributed by atoms with E-state index in [1.165, 1.54) is 83.3 Å².